The highest BCUT2D eigenvalue weighted by Gasteiger charge is 2.20. The van der Waals surface area contributed by atoms with Gasteiger partial charge in [-0.15, -0.1) is 0 Å². The van der Waals surface area contributed by atoms with Crippen LogP contribution in [0.4, 0.5) is 0 Å². The van der Waals surface area contributed by atoms with Gasteiger partial charge in [-0.2, -0.15) is 0 Å². The first kappa shape index (κ1) is 14.4. The first-order valence-electron chi connectivity index (χ1n) is 7.71. The van der Waals surface area contributed by atoms with Crippen LogP contribution in [-0.4, -0.2) is 11.7 Å². The van der Waals surface area contributed by atoms with Crippen molar-refractivity contribution in [3.8, 4) is 5.75 Å². The fraction of sp³-hybridized carbons (Fsp3) is 0.647. The van der Waals surface area contributed by atoms with E-state index in [2.05, 4.69) is 25.2 Å². The number of hydrogen-bond donors (Lipinski definition) is 2. The maximum absolute atomic E-state index is 9.51. The maximum Gasteiger partial charge on any atom is 0.115 e. The molecule has 1 aliphatic carbocycles. The molecule has 1 aliphatic rings. The van der Waals surface area contributed by atoms with Gasteiger partial charge >= 0.3 is 0 Å². The lowest BCUT2D eigenvalue weighted by atomic mass is 9.81. The summed E-state index contributed by atoms with van der Waals surface area (Å²) in [4.78, 5) is 0. The summed E-state index contributed by atoms with van der Waals surface area (Å²) in [6.45, 7) is 5.59. The van der Waals surface area contributed by atoms with Gasteiger partial charge in [0.1, 0.15) is 5.75 Å². The molecule has 0 radical (unpaired) electrons. The van der Waals surface area contributed by atoms with Crippen LogP contribution in [0.25, 0.3) is 0 Å². The molecule has 0 aromatic heterocycles. The molecule has 19 heavy (non-hydrogen) atoms. The molecule has 0 bridgehead atoms. The minimum absolute atomic E-state index is 0.316. The number of rotatable bonds is 5. The van der Waals surface area contributed by atoms with Gasteiger partial charge in [0.25, 0.3) is 0 Å². The third kappa shape index (κ3) is 4.24. The Labute approximate surface area is 117 Å². The van der Waals surface area contributed by atoms with Crippen molar-refractivity contribution in [2.75, 3.05) is 6.54 Å². The zero-order valence-corrected chi connectivity index (χ0v) is 12.2. The lowest BCUT2D eigenvalue weighted by molar-refractivity contribution is 0.258. The third-order valence-electron chi connectivity index (χ3n) is 4.63. The van der Waals surface area contributed by atoms with Crippen molar-refractivity contribution in [1.82, 2.24) is 5.32 Å². The Morgan fingerprint density at radius 3 is 2.53 bits per heavy atom. The van der Waals surface area contributed by atoms with Gasteiger partial charge in [0, 0.05) is 6.04 Å². The molecule has 2 heteroatoms. The van der Waals surface area contributed by atoms with Gasteiger partial charge in [0.2, 0.25) is 0 Å². The molecule has 1 fully saturated rings. The van der Waals surface area contributed by atoms with E-state index < -0.39 is 0 Å². The van der Waals surface area contributed by atoms with E-state index in [9.17, 15) is 5.11 Å². The average Bonchev–Trinajstić information content (AvgIpc) is 2.45. The molecule has 1 atom stereocenters. The molecule has 2 N–H and O–H groups in total. The summed E-state index contributed by atoms with van der Waals surface area (Å²) in [5, 5.41) is 13.1. The first-order chi connectivity index (χ1) is 9.19. The molecule has 1 unspecified atom stereocenters. The Kier molecular flexibility index (Phi) is 5.26. The molecule has 1 saturated carbocycles. The molecule has 1 aromatic rings. The second-order valence-corrected chi connectivity index (χ2v) is 6.02. The minimum atomic E-state index is 0.316. The molecule has 1 aromatic carbocycles. The highest BCUT2D eigenvalue weighted by Crippen LogP contribution is 2.30. The van der Waals surface area contributed by atoms with Gasteiger partial charge < -0.3 is 10.4 Å². The van der Waals surface area contributed by atoms with E-state index in [4.69, 9.17) is 0 Å². The van der Waals surface area contributed by atoms with Crippen LogP contribution in [0.1, 0.15) is 57.6 Å². The van der Waals surface area contributed by atoms with Gasteiger partial charge in [-0.05, 0) is 55.8 Å². The Morgan fingerprint density at radius 2 is 1.89 bits per heavy atom. The van der Waals surface area contributed by atoms with Crippen LogP contribution in [0.2, 0.25) is 0 Å². The van der Waals surface area contributed by atoms with Crippen molar-refractivity contribution in [3.63, 3.8) is 0 Å². The van der Waals surface area contributed by atoms with Crippen LogP contribution in [0.3, 0.4) is 0 Å². The molecular weight excluding hydrogens is 234 g/mol. The summed E-state index contributed by atoms with van der Waals surface area (Å²) in [6.07, 6.45) is 6.91. The summed E-state index contributed by atoms with van der Waals surface area (Å²) in [7, 11) is 0. The Hall–Kier alpha value is -1.02. The number of phenolic OH excluding ortho intramolecular Hbond substituents is 1. The van der Waals surface area contributed by atoms with Crippen LogP contribution >= 0.6 is 0 Å². The van der Waals surface area contributed by atoms with E-state index in [1.807, 2.05) is 12.1 Å². The normalized spacial score (nSPS) is 25.2. The number of phenols is 1. The smallest absolute Gasteiger partial charge is 0.115 e. The van der Waals surface area contributed by atoms with Gasteiger partial charge in [0.05, 0.1) is 0 Å². The fourth-order valence-electron chi connectivity index (χ4n) is 3.10. The maximum atomic E-state index is 9.51. The highest BCUT2D eigenvalue weighted by molar-refractivity contribution is 5.28. The van der Waals surface area contributed by atoms with Crippen molar-refractivity contribution >= 4 is 0 Å². The molecule has 0 spiro atoms. The first-order valence-corrected chi connectivity index (χ1v) is 7.71. The Bertz CT molecular complexity index is 383. The van der Waals surface area contributed by atoms with Crippen molar-refractivity contribution in [2.45, 2.75) is 52.0 Å². The van der Waals surface area contributed by atoms with E-state index in [1.54, 1.807) is 6.07 Å². The molecule has 106 valence electrons. The van der Waals surface area contributed by atoms with E-state index >= 15 is 0 Å². The van der Waals surface area contributed by atoms with Crippen molar-refractivity contribution in [1.29, 1.82) is 0 Å². The van der Waals surface area contributed by atoms with Gasteiger partial charge in [-0.1, -0.05) is 38.3 Å². The van der Waals surface area contributed by atoms with Gasteiger partial charge in [-0.3, -0.25) is 0 Å². The van der Waals surface area contributed by atoms with E-state index in [0.29, 0.717) is 11.8 Å². The van der Waals surface area contributed by atoms with Crippen molar-refractivity contribution < 1.29 is 5.11 Å². The molecule has 2 nitrogen and oxygen atoms in total. The Balaban J connectivity index is 1.76. The van der Waals surface area contributed by atoms with Crippen LogP contribution < -0.4 is 5.32 Å². The molecular formula is C17H27NO. The lowest BCUT2D eigenvalue weighted by Gasteiger charge is -2.29. The predicted octanol–water partition coefficient (Wildman–Crippen LogP) is 4.26. The van der Waals surface area contributed by atoms with Gasteiger partial charge in [-0.25, -0.2) is 0 Å². The number of aromatic hydroxyl groups is 1. The van der Waals surface area contributed by atoms with Crippen molar-refractivity contribution in [3.05, 3.63) is 29.8 Å². The summed E-state index contributed by atoms with van der Waals surface area (Å²) in [5.41, 5.74) is 1.17. The van der Waals surface area contributed by atoms with E-state index in [-0.39, 0.29) is 0 Å². The topological polar surface area (TPSA) is 32.3 Å². The average molecular weight is 261 g/mol. The standard InChI is InChI=1S/C17H27NO/c1-3-14-7-9-15(10-8-14)12-18-13(2)16-5-4-6-17(19)11-16/h4-6,11,13-15,18-19H,3,7-10,12H2,1-2H3. The van der Waals surface area contributed by atoms with E-state index in [1.165, 1.54) is 37.7 Å². The third-order valence-corrected chi connectivity index (χ3v) is 4.63. The van der Waals surface area contributed by atoms with Crippen LogP contribution in [0.5, 0.6) is 5.75 Å². The summed E-state index contributed by atoms with van der Waals surface area (Å²) >= 11 is 0. The number of hydrogen-bond acceptors (Lipinski definition) is 2. The van der Waals surface area contributed by atoms with Crippen molar-refractivity contribution in [2.24, 2.45) is 11.8 Å². The monoisotopic (exact) mass is 261 g/mol. The van der Waals surface area contributed by atoms with Gasteiger partial charge in [0.15, 0.2) is 0 Å². The minimum Gasteiger partial charge on any atom is -0.508 e. The fourth-order valence-corrected chi connectivity index (χ4v) is 3.10. The second-order valence-electron chi connectivity index (χ2n) is 6.02. The lowest BCUT2D eigenvalue weighted by Crippen LogP contribution is -2.28. The largest absolute Gasteiger partial charge is 0.508 e. The summed E-state index contributed by atoms with van der Waals surface area (Å²) in [6, 6.07) is 7.88. The second kappa shape index (κ2) is 6.95. The molecule has 2 rings (SSSR count). The van der Waals surface area contributed by atoms with Crippen LogP contribution in [-0.2, 0) is 0 Å². The summed E-state index contributed by atoms with van der Waals surface area (Å²) < 4.78 is 0. The molecule has 0 heterocycles. The van der Waals surface area contributed by atoms with Crippen LogP contribution in [0.15, 0.2) is 24.3 Å². The quantitative estimate of drug-likeness (QED) is 0.830. The number of benzene rings is 1. The zero-order chi connectivity index (χ0) is 13.7. The predicted molar refractivity (Wildman–Crippen MR) is 80.3 cm³/mol. The molecule has 0 aliphatic heterocycles. The van der Waals surface area contributed by atoms with Crippen LogP contribution in [0, 0.1) is 11.8 Å². The highest BCUT2D eigenvalue weighted by atomic mass is 16.3. The molecule has 0 saturated heterocycles. The SMILES string of the molecule is CCC1CCC(CNC(C)c2cccc(O)c2)CC1. The summed E-state index contributed by atoms with van der Waals surface area (Å²) in [5.74, 6) is 2.16. The molecule has 0 amide bonds. The zero-order valence-electron chi connectivity index (χ0n) is 12.2. The number of nitrogens with one attached hydrogen (secondary N) is 1. The van der Waals surface area contributed by atoms with E-state index in [0.717, 1.165) is 18.4 Å². The Morgan fingerprint density at radius 1 is 1.21 bits per heavy atom.